The highest BCUT2D eigenvalue weighted by Crippen LogP contribution is 1.83. The molecule has 0 aliphatic heterocycles. The van der Waals surface area contributed by atoms with Crippen molar-refractivity contribution >= 4 is 23.3 Å². The van der Waals surface area contributed by atoms with Crippen LogP contribution in [0.25, 0.3) is 0 Å². The molecule has 0 fully saturated rings. The summed E-state index contributed by atoms with van der Waals surface area (Å²) in [5.74, 6) is 0. The topological polar surface area (TPSA) is 26.0 Å². The lowest BCUT2D eigenvalue weighted by Crippen LogP contribution is -2.38. The summed E-state index contributed by atoms with van der Waals surface area (Å²) in [6.07, 6.45) is 0.927. The van der Waals surface area contributed by atoms with Crippen LogP contribution in [0.5, 0.6) is 0 Å². The smallest absolute Gasteiger partial charge is 0.0684 e. The van der Waals surface area contributed by atoms with Crippen molar-refractivity contribution in [1.82, 2.24) is 0 Å². The molecule has 1 unspecified atom stereocenters. The SMILES string of the molecule is NC[SiH]([SiH3])c1ccccc1. The highest BCUT2D eigenvalue weighted by molar-refractivity contribution is 7.11. The van der Waals surface area contributed by atoms with E-state index in [1.54, 1.807) is 0 Å². The fourth-order valence-corrected chi connectivity index (χ4v) is 3.22. The fourth-order valence-electron chi connectivity index (χ4n) is 0.918. The van der Waals surface area contributed by atoms with Gasteiger partial charge in [-0.3, -0.25) is 0 Å². The monoisotopic (exact) mass is 167 g/mol. The molecule has 0 spiro atoms. The highest BCUT2D eigenvalue weighted by Gasteiger charge is 2.01. The van der Waals surface area contributed by atoms with Crippen LogP contribution in [0.3, 0.4) is 0 Å². The minimum absolute atomic E-state index is 0.623. The minimum atomic E-state index is -0.623. The average Bonchev–Trinajstić information content (AvgIpc) is 2.05. The third-order valence-electron chi connectivity index (χ3n) is 1.72. The van der Waals surface area contributed by atoms with Crippen LogP contribution >= 0.6 is 0 Å². The van der Waals surface area contributed by atoms with E-state index >= 15 is 0 Å². The van der Waals surface area contributed by atoms with Crippen molar-refractivity contribution < 1.29 is 0 Å². The van der Waals surface area contributed by atoms with Crippen molar-refractivity contribution in [3.63, 3.8) is 0 Å². The van der Waals surface area contributed by atoms with Gasteiger partial charge in [0, 0.05) is 9.76 Å². The Labute approximate surface area is 66.1 Å². The Morgan fingerprint density at radius 3 is 2.40 bits per heavy atom. The Hall–Kier alpha value is -0.386. The molecular weight excluding hydrogens is 154 g/mol. The first-order valence-electron chi connectivity index (χ1n) is 3.59. The van der Waals surface area contributed by atoms with Crippen LogP contribution in [0.1, 0.15) is 0 Å². The van der Waals surface area contributed by atoms with Crippen molar-refractivity contribution in [2.75, 3.05) is 6.17 Å². The van der Waals surface area contributed by atoms with Gasteiger partial charge in [0.1, 0.15) is 0 Å². The Bertz CT molecular complexity index is 188. The van der Waals surface area contributed by atoms with Crippen LogP contribution in [-0.4, -0.2) is 24.2 Å². The van der Waals surface area contributed by atoms with Crippen molar-refractivity contribution in [3.8, 4) is 0 Å². The van der Waals surface area contributed by atoms with E-state index in [0.717, 1.165) is 6.17 Å². The predicted octanol–water partition coefficient (Wildman–Crippen LogP) is -1.52. The average molecular weight is 167 g/mol. The molecule has 0 saturated carbocycles. The molecule has 1 nitrogen and oxygen atoms in total. The van der Waals surface area contributed by atoms with Crippen LogP contribution in [0.4, 0.5) is 0 Å². The van der Waals surface area contributed by atoms with E-state index in [1.165, 1.54) is 14.9 Å². The molecule has 0 heterocycles. The molecule has 0 bridgehead atoms. The largest absolute Gasteiger partial charge is 0.333 e. The summed E-state index contributed by atoms with van der Waals surface area (Å²) >= 11 is 0. The Morgan fingerprint density at radius 2 is 1.90 bits per heavy atom. The Kier molecular flexibility index (Phi) is 2.86. The third-order valence-corrected chi connectivity index (χ3v) is 7.37. The summed E-state index contributed by atoms with van der Waals surface area (Å²) < 4.78 is 0. The zero-order valence-corrected chi connectivity index (χ0v) is 9.40. The Morgan fingerprint density at radius 1 is 1.30 bits per heavy atom. The standard InChI is InChI=1S/C7H13NSi2/c8-6-10(9)7-4-2-1-3-5-7/h1-5,10H,6,8H2,9H3. The number of nitrogens with two attached hydrogens (primary N) is 1. The van der Waals surface area contributed by atoms with Gasteiger partial charge in [-0.25, -0.2) is 0 Å². The van der Waals surface area contributed by atoms with E-state index in [2.05, 4.69) is 30.3 Å². The normalized spacial score (nSPS) is 13.3. The third kappa shape index (κ3) is 1.80. The van der Waals surface area contributed by atoms with Gasteiger partial charge >= 0.3 is 0 Å². The van der Waals surface area contributed by atoms with E-state index in [-0.39, 0.29) is 0 Å². The molecule has 0 aromatic heterocycles. The summed E-state index contributed by atoms with van der Waals surface area (Å²) in [5.41, 5.74) is 5.60. The molecule has 0 amide bonds. The summed E-state index contributed by atoms with van der Waals surface area (Å²) in [4.78, 5) is 0. The van der Waals surface area contributed by atoms with Crippen LogP contribution in [-0.2, 0) is 0 Å². The number of hydrogen-bond donors (Lipinski definition) is 1. The van der Waals surface area contributed by atoms with Gasteiger partial charge in [-0.15, -0.1) is 0 Å². The molecule has 0 aliphatic rings. The molecular formula is C7H13NSi2. The van der Waals surface area contributed by atoms with Gasteiger partial charge in [0.05, 0.1) is 8.31 Å². The number of hydrogen-bond acceptors (Lipinski definition) is 1. The summed E-state index contributed by atoms with van der Waals surface area (Å²) in [6, 6.07) is 10.7. The van der Waals surface area contributed by atoms with E-state index < -0.39 is 8.31 Å². The van der Waals surface area contributed by atoms with Gasteiger partial charge < -0.3 is 5.73 Å². The van der Waals surface area contributed by atoms with Gasteiger partial charge in [0.15, 0.2) is 0 Å². The van der Waals surface area contributed by atoms with Gasteiger partial charge in [0.2, 0.25) is 0 Å². The highest BCUT2D eigenvalue weighted by atomic mass is 29.1. The first-order valence-corrected chi connectivity index (χ1v) is 9.61. The second-order valence-electron chi connectivity index (χ2n) is 2.55. The molecule has 54 valence electrons. The van der Waals surface area contributed by atoms with Crippen LogP contribution in [0, 0.1) is 0 Å². The predicted molar refractivity (Wildman–Crippen MR) is 52.2 cm³/mol. The zero-order chi connectivity index (χ0) is 7.40. The van der Waals surface area contributed by atoms with Gasteiger partial charge in [-0.1, -0.05) is 35.5 Å². The van der Waals surface area contributed by atoms with E-state index in [4.69, 9.17) is 5.73 Å². The zero-order valence-electron chi connectivity index (χ0n) is 6.25. The summed E-state index contributed by atoms with van der Waals surface area (Å²) in [5, 5.41) is 1.52. The molecule has 0 radical (unpaired) electrons. The van der Waals surface area contributed by atoms with Gasteiger partial charge in [-0.05, 0) is 6.17 Å². The molecule has 1 aromatic rings. The molecule has 0 saturated heterocycles. The molecule has 1 rings (SSSR count). The summed E-state index contributed by atoms with van der Waals surface area (Å²) in [6.45, 7) is 0. The maximum atomic E-state index is 5.60. The molecule has 3 heteroatoms. The molecule has 2 N–H and O–H groups in total. The molecule has 1 atom stereocenters. The summed E-state index contributed by atoms with van der Waals surface area (Å²) in [7, 11) is 0.668. The van der Waals surface area contributed by atoms with Crippen LogP contribution in [0.15, 0.2) is 30.3 Å². The molecule has 10 heavy (non-hydrogen) atoms. The quantitative estimate of drug-likeness (QED) is 0.532. The van der Waals surface area contributed by atoms with Crippen molar-refractivity contribution in [3.05, 3.63) is 30.3 Å². The number of benzene rings is 1. The van der Waals surface area contributed by atoms with E-state index in [9.17, 15) is 0 Å². The van der Waals surface area contributed by atoms with Crippen LogP contribution in [0.2, 0.25) is 0 Å². The fraction of sp³-hybridized carbons (Fsp3) is 0.143. The van der Waals surface area contributed by atoms with E-state index in [1.807, 2.05) is 0 Å². The maximum absolute atomic E-state index is 5.60. The van der Waals surface area contributed by atoms with Crippen molar-refractivity contribution in [1.29, 1.82) is 0 Å². The second-order valence-corrected chi connectivity index (χ2v) is 9.67. The lowest BCUT2D eigenvalue weighted by molar-refractivity contribution is 1.36. The van der Waals surface area contributed by atoms with Crippen molar-refractivity contribution in [2.24, 2.45) is 5.73 Å². The lowest BCUT2D eigenvalue weighted by Gasteiger charge is -2.04. The molecule has 1 aromatic carbocycles. The maximum Gasteiger partial charge on any atom is 0.0684 e. The minimum Gasteiger partial charge on any atom is -0.333 e. The van der Waals surface area contributed by atoms with Gasteiger partial charge in [0.25, 0.3) is 0 Å². The van der Waals surface area contributed by atoms with Crippen molar-refractivity contribution in [2.45, 2.75) is 0 Å². The second kappa shape index (κ2) is 3.70. The Balaban J connectivity index is 2.75. The lowest BCUT2D eigenvalue weighted by atomic mass is 10.4. The number of rotatable bonds is 2. The first-order chi connectivity index (χ1) is 4.84. The van der Waals surface area contributed by atoms with E-state index in [0.29, 0.717) is 0 Å². The first kappa shape index (κ1) is 7.72. The molecule has 0 aliphatic carbocycles. The van der Waals surface area contributed by atoms with Gasteiger partial charge in [-0.2, -0.15) is 0 Å². The van der Waals surface area contributed by atoms with Crippen LogP contribution < -0.4 is 10.9 Å².